The summed E-state index contributed by atoms with van der Waals surface area (Å²) in [4.78, 5) is 18.1. The Balaban J connectivity index is 2.43. The average Bonchev–Trinajstić information content (AvgIpc) is 2.70. The highest BCUT2D eigenvalue weighted by Gasteiger charge is 2.30. The first-order valence-corrected chi connectivity index (χ1v) is 5.33. The van der Waals surface area contributed by atoms with Gasteiger partial charge in [0.1, 0.15) is 5.82 Å². The second-order valence-electron chi connectivity index (χ2n) is 4.08. The van der Waals surface area contributed by atoms with Crippen LogP contribution in [0.15, 0.2) is 23.0 Å². The molecule has 0 saturated heterocycles. The molecular weight excluding hydrogens is 261 g/mol. The number of H-pyrrole nitrogens is 1. The van der Waals surface area contributed by atoms with Crippen molar-refractivity contribution in [3.8, 4) is 0 Å². The van der Waals surface area contributed by atoms with Gasteiger partial charge in [-0.3, -0.25) is 0 Å². The molecular formula is C11H7F3N4O. The zero-order valence-corrected chi connectivity index (χ0v) is 9.62. The third-order valence-electron chi connectivity index (χ3n) is 2.73. The van der Waals surface area contributed by atoms with Crippen LogP contribution in [0.2, 0.25) is 0 Å². The molecule has 1 N–H and O–H groups in total. The van der Waals surface area contributed by atoms with Gasteiger partial charge in [-0.1, -0.05) is 0 Å². The van der Waals surface area contributed by atoms with E-state index in [1.165, 1.54) is 6.07 Å². The van der Waals surface area contributed by atoms with Gasteiger partial charge in [0.15, 0.2) is 5.65 Å². The number of hydrogen-bond donors (Lipinski definition) is 1. The Bertz CT molecular complexity index is 847. The molecule has 0 aliphatic carbocycles. The van der Waals surface area contributed by atoms with Crippen molar-refractivity contribution in [2.75, 3.05) is 0 Å². The molecule has 0 fully saturated rings. The van der Waals surface area contributed by atoms with Crippen molar-refractivity contribution in [1.29, 1.82) is 0 Å². The summed E-state index contributed by atoms with van der Waals surface area (Å²) < 4.78 is 38.9. The summed E-state index contributed by atoms with van der Waals surface area (Å²) >= 11 is 0. The molecule has 0 amide bonds. The minimum absolute atomic E-state index is 0.0831. The summed E-state index contributed by atoms with van der Waals surface area (Å²) in [5.41, 5.74) is -1.12. The summed E-state index contributed by atoms with van der Waals surface area (Å²) in [6.07, 6.45) is -4.46. The largest absolute Gasteiger partial charge is 0.416 e. The molecule has 0 atom stereocenters. The molecule has 98 valence electrons. The third-order valence-corrected chi connectivity index (χ3v) is 2.73. The smallest absolute Gasteiger partial charge is 0.305 e. The van der Waals surface area contributed by atoms with Gasteiger partial charge in [0.25, 0.3) is 0 Å². The maximum absolute atomic E-state index is 12.6. The lowest BCUT2D eigenvalue weighted by Gasteiger charge is -2.07. The highest BCUT2D eigenvalue weighted by Crippen LogP contribution is 2.31. The van der Waals surface area contributed by atoms with Crippen molar-refractivity contribution in [1.82, 2.24) is 19.6 Å². The Kier molecular flexibility index (Phi) is 2.19. The van der Waals surface area contributed by atoms with Gasteiger partial charge in [0.05, 0.1) is 11.1 Å². The summed E-state index contributed by atoms with van der Waals surface area (Å²) in [5.74, 6) is 0.373. The topological polar surface area (TPSA) is 63.0 Å². The highest BCUT2D eigenvalue weighted by molar-refractivity contribution is 5.91. The predicted octanol–water partition coefficient (Wildman–Crippen LogP) is 1.90. The van der Waals surface area contributed by atoms with Crippen LogP contribution in [0.25, 0.3) is 16.6 Å². The Morgan fingerprint density at radius 1 is 1.32 bits per heavy atom. The minimum Gasteiger partial charge on any atom is -0.305 e. The number of rotatable bonds is 0. The Morgan fingerprint density at radius 2 is 2.05 bits per heavy atom. The number of aromatic nitrogens is 4. The van der Waals surface area contributed by atoms with Crippen LogP contribution in [-0.4, -0.2) is 19.6 Å². The molecule has 3 rings (SSSR count). The van der Waals surface area contributed by atoms with Crippen LogP contribution in [-0.2, 0) is 6.18 Å². The zero-order valence-electron chi connectivity index (χ0n) is 9.62. The number of hydrogen-bond acceptors (Lipinski definition) is 3. The Hall–Kier alpha value is -2.38. The lowest BCUT2D eigenvalue weighted by atomic mass is 10.1. The number of benzene rings is 1. The molecule has 0 spiro atoms. The fourth-order valence-corrected chi connectivity index (χ4v) is 1.92. The third kappa shape index (κ3) is 1.76. The first kappa shape index (κ1) is 11.7. The first-order chi connectivity index (χ1) is 8.86. The molecule has 8 heteroatoms. The summed E-state index contributed by atoms with van der Waals surface area (Å²) in [5, 5.41) is 4.28. The van der Waals surface area contributed by atoms with E-state index in [4.69, 9.17) is 0 Å². The molecule has 0 unspecified atom stereocenters. The van der Waals surface area contributed by atoms with Crippen molar-refractivity contribution in [2.24, 2.45) is 0 Å². The Labute approximate surface area is 103 Å². The van der Waals surface area contributed by atoms with Gasteiger partial charge < -0.3 is 4.98 Å². The van der Waals surface area contributed by atoms with Crippen molar-refractivity contribution in [3.05, 3.63) is 40.1 Å². The van der Waals surface area contributed by atoms with Gasteiger partial charge in [-0.15, -0.1) is 5.10 Å². The van der Waals surface area contributed by atoms with Gasteiger partial charge in [-0.25, -0.2) is 9.78 Å². The fraction of sp³-hybridized carbons (Fsp3) is 0.182. The van der Waals surface area contributed by atoms with Gasteiger partial charge >= 0.3 is 11.9 Å². The van der Waals surface area contributed by atoms with E-state index in [-0.39, 0.29) is 11.2 Å². The molecule has 19 heavy (non-hydrogen) atoms. The lowest BCUT2D eigenvalue weighted by Crippen LogP contribution is -2.18. The maximum Gasteiger partial charge on any atom is 0.416 e. The second kappa shape index (κ2) is 3.56. The molecule has 1 aromatic carbocycles. The van der Waals surface area contributed by atoms with Crippen LogP contribution in [0.5, 0.6) is 0 Å². The maximum atomic E-state index is 12.6. The molecule has 0 saturated carbocycles. The molecule has 0 aliphatic rings. The molecule has 0 bridgehead atoms. The fourth-order valence-electron chi connectivity index (χ4n) is 1.92. The van der Waals surface area contributed by atoms with E-state index in [1.54, 1.807) is 6.92 Å². The number of nitrogens with one attached hydrogen (secondary N) is 1. The monoisotopic (exact) mass is 268 g/mol. The second-order valence-corrected chi connectivity index (χ2v) is 4.08. The number of aryl methyl sites for hydroxylation is 1. The van der Waals surface area contributed by atoms with E-state index in [0.717, 1.165) is 16.6 Å². The molecule has 3 aromatic rings. The first-order valence-electron chi connectivity index (χ1n) is 5.33. The van der Waals surface area contributed by atoms with E-state index in [1.807, 2.05) is 0 Å². The van der Waals surface area contributed by atoms with E-state index < -0.39 is 17.4 Å². The summed E-state index contributed by atoms with van der Waals surface area (Å²) in [6.45, 7) is 1.60. The SMILES string of the molecule is Cc1nc2c3ccc(C(F)(F)F)cc3[nH]c(=O)n2n1. The average molecular weight is 268 g/mol. The number of alkyl halides is 3. The van der Waals surface area contributed by atoms with Gasteiger partial charge in [0.2, 0.25) is 0 Å². The molecule has 0 radical (unpaired) electrons. The van der Waals surface area contributed by atoms with E-state index in [2.05, 4.69) is 15.1 Å². The van der Waals surface area contributed by atoms with Crippen LogP contribution in [0.1, 0.15) is 11.4 Å². The van der Waals surface area contributed by atoms with Gasteiger partial charge in [-0.05, 0) is 25.1 Å². The highest BCUT2D eigenvalue weighted by atomic mass is 19.4. The lowest BCUT2D eigenvalue weighted by molar-refractivity contribution is -0.137. The van der Waals surface area contributed by atoms with Crippen molar-refractivity contribution in [3.63, 3.8) is 0 Å². The quantitative estimate of drug-likeness (QED) is 0.677. The van der Waals surface area contributed by atoms with Crippen LogP contribution in [0.3, 0.4) is 0 Å². The Morgan fingerprint density at radius 3 is 2.74 bits per heavy atom. The summed E-state index contributed by atoms with van der Waals surface area (Å²) in [7, 11) is 0. The predicted molar refractivity (Wildman–Crippen MR) is 60.9 cm³/mol. The standard InChI is InChI=1S/C11H7F3N4O/c1-5-15-9-7-3-2-6(11(12,13)14)4-8(7)16-10(19)18(9)17-5/h2-4H,1H3,(H,16,19). The summed E-state index contributed by atoms with van der Waals surface area (Å²) in [6, 6.07) is 3.11. The zero-order chi connectivity index (χ0) is 13.8. The van der Waals surface area contributed by atoms with Gasteiger partial charge in [-0.2, -0.15) is 17.7 Å². The molecule has 0 aliphatic heterocycles. The van der Waals surface area contributed by atoms with E-state index >= 15 is 0 Å². The molecule has 2 heterocycles. The van der Waals surface area contributed by atoms with E-state index in [0.29, 0.717) is 11.2 Å². The number of aromatic amines is 1. The molecule has 5 nitrogen and oxygen atoms in total. The normalized spacial score (nSPS) is 12.4. The molecule has 2 aromatic heterocycles. The van der Waals surface area contributed by atoms with Gasteiger partial charge in [0, 0.05) is 5.39 Å². The van der Waals surface area contributed by atoms with Crippen molar-refractivity contribution in [2.45, 2.75) is 13.1 Å². The van der Waals surface area contributed by atoms with Crippen molar-refractivity contribution < 1.29 is 13.2 Å². The van der Waals surface area contributed by atoms with Crippen LogP contribution in [0, 0.1) is 6.92 Å². The number of nitrogens with zero attached hydrogens (tertiary/aromatic N) is 3. The van der Waals surface area contributed by atoms with Crippen molar-refractivity contribution >= 4 is 16.6 Å². The number of fused-ring (bicyclic) bond motifs is 3. The van der Waals surface area contributed by atoms with Crippen LogP contribution in [0.4, 0.5) is 13.2 Å². The van der Waals surface area contributed by atoms with Crippen LogP contribution >= 0.6 is 0 Å². The minimum atomic E-state index is -4.46. The van der Waals surface area contributed by atoms with E-state index in [9.17, 15) is 18.0 Å². The van der Waals surface area contributed by atoms with Crippen LogP contribution < -0.4 is 5.69 Å². The number of halogens is 3.